The SMILES string of the molecule is CC(C)(N)c1nc(N)no1.Cl. The summed E-state index contributed by atoms with van der Waals surface area (Å²) in [5.74, 6) is 0.471. The van der Waals surface area contributed by atoms with Gasteiger partial charge in [0.1, 0.15) is 0 Å². The number of nitrogens with zero attached hydrogens (tertiary/aromatic N) is 2. The summed E-state index contributed by atoms with van der Waals surface area (Å²) < 4.78 is 4.72. The van der Waals surface area contributed by atoms with Crippen LogP contribution >= 0.6 is 12.4 Å². The van der Waals surface area contributed by atoms with Crippen LogP contribution in [0.15, 0.2) is 4.52 Å². The highest BCUT2D eigenvalue weighted by Gasteiger charge is 2.21. The van der Waals surface area contributed by atoms with Crippen LogP contribution in [-0.4, -0.2) is 10.1 Å². The molecule has 64 valence electrons. The maximum atomic E-state index is 5.62. The smallest absolute Gasteiger partial charge is 0.260 e. The average Bonchev–Trinajstić information content (AvgIpc) is 2.11. The van der Waals surface area contributed by atoms with Crippen molar-refractivity contribution < 1.29 is 4.52 Å². The Labute approximate surface area is 70.5 Å². The van der Waals surface area contributed by atoms with E-state index in [2.05, 4.69) is 10.1 Å². The van der Waals surface area contributed by atoms with E-state index in [9.17, 15) is 0 Å². The lowest BCUT2D eigenvalue weighted by molar-refractivity contribution is 0.312. The number of aromatic nitrogens is 2. The highest BCUT2D eigenvalue weighted by Crippen LogP contribution is 2.13. The van der Waals surface area contributed by atoms with Crippen LogP contribution in [0.5, 0.6) is 0 Å². The lowest BCUT2D eigenvalue weighted by atomic mass is 10.1. The fraction of sp³-hybridized carbons (Fsp3) is 0.600. The topological polar surface area (TPSA) is 91.0 Å². The number of nitrogen functional groups attached to an aromatic ring is 1. The number of anilines is 1. The third kappa shape index (κ3) is 2.36. The van der Waals surface area contributed by atoms with Gasteiger partial charge in [0.2, 0.25) is 5.89 Å². The maximum absolute atomic E-state index is 5.62. The number of hydrogen-bond acceptors (Lipinski definition) is 5. The molecule has 0 aliphatic rings. The zero-order valence-electron chi connectivity index (χ0n) is 6.37. The summed E-state index contributed by atoms with van der Waals surface area (Å²) in [7, 11) is 0. The summed E-state index contributed by atoms with van der Waals surface area (Å²) in [5.41, 5.74) is 10.2. The molecule has 0 aliphatic carbocycles. The third-order valence-electron chi connectivity index (χ3n) is 0.993. The maximum Gasteiger partial charge on any atom is 0.260 e. The second-order valence-electron chi connectivity index (χ2n) is 2.68. The number of nitrogens with two attached hydrogens (primary N) is 2. The second kappa shape index (κ2) is 3.06. The Morgan fingerprint density at radius 3 is 2.18 bits per heavy atom. The second-order valence-corrected chi connectivity index (χ2v) is 2.68. The molecule has 11 heavy (non-hydrogen) atoms. The fourth-order valence-electron chi connectivity index (χ4n) is 0.497. The van der Waals surface area contributed by atoms with Crippen molar-refractivity contribution in [1.29, 1.82) is 0 Å². The molecule has 0 atom stereocenters. The van der Waals surface area contributed by atoms with Crippen LogP contribution in [0.1, 0.15) is 19.7 Å². The molecule has 0 bridgehead atoms. The van der Waals surface area contributed by atoms with E-state index in [0.717, 1.165) is 0 Å². The van der Waals surface area contributed by atoms with Crippen molar-refractivity contribution in [2.24, 2.45) is 5.73 Å². The van der Waals surface area contributed by atoms with Crippen molar-refractivity contribution in [3.05, 3.63) is 5.89 Å². The van der Waals surface area contributed by atoms with Crippen molar-refractivity contribution in [1.82, 2.24) is 10.1 Å². The van der Waals surface area contributed by atoms with Gasteiger partial charge in [0, 0.05) is 0 Å². The molecule has 4 N–H and O–H groups in total. The summed E-state index contributed by atoms with van der Waals surface area (Å²) in [6, 6.07) is 0. The van der Waals surface area contributed by atoms with E-state index in [-0.39, 0.29) is 18.4 Å². The molecule has 0 unspecified atom stereocenters. The highest BCUT2D eigenvalue weighted by molar-refractivity contribution is 5.85. The first kappa shape index (κ1) is 10.2. The normalized spacial score (nSPS) is 10.8. The molecular formula is C5H11ClN4O. The summed E-state index contributed by atoms with van der Waals surface area (Å²) in [6.45, 7) is 3.53. The molecule has 0 spiro atoms. The molecule has 0 fully saturated rings. The fourth-order valence-corrected chi connectivity index (χ4v) is 0.497. The molecule has 0 saturated carbocycles. The molecule has 0 saturated heterocycles. The van der Waals surface area contributed by atoms with Gasteiger partial charge in [0.15, 0.2) is 0 Å². The molecule has 5 nitrogen and oxygen atoms in total. The van der Waals surface area contributed by atoms with Gasteiger partial charge in [0.05, 0.1) is 5.54 Å². The minimum Gasteiger partial charge on any atom is -0.365 e. The average molecular weight is 179 g/mol. The Hall–Kier alpha value is -0.810. The van der Waals surface area contributed by atoms with Crippen molar-refractivity contribution in [3.63, 3.8) is 0 Å². The minimum absolute atomic E-state index is 0. The van der Waals surface area contributed by atoms with Crippen LogP contribution in [0.4, 0.5) is 5.95 Å². The summed E-state index contributed by atoms with van der Waals surface area (Å²) in [6.07, 6.45) is 0. The van der Waals surface area contributed by atoms with E-state index in [1.54, 1.807) is 13.8 Å². The predicted molar refractivity (Wildman–Crippen MR) is 43.2 cm³/mol. The first-order chi connectivity index (χ1) is 4.50. The summed E-state index contributed by atoms with van der Waals surface area (Å²) >= 11 is 0. The molecule has 0 radical (unpaired) electrons. The van der Waals surface area contributed by atoms with Crippen molar-refractivity contribution >= 4 is 18.4 Å². The van der Waals surface area contributed by atoms with Gasteiger partial charge in [-0.05, 0) is 19.0 Å². The lowest BCUT2D eigenvalue weighted by Gasteiger charge is -2.10. The predicted octanol–water partition coefficient (Wildman–Crippen LogP) is 0.267. The highest BCUT2D eigenvalue weighted by atomic mass is 35.5. The van der Waals surface area contributed by atoms with Gasteiger partial charge >= 0.3 is 0 Å². The third-order valence-corrected chi connectivity index (χ3v) is 0.993. The van der Waals surface area contributed by atoms with E-state index in [0.29, 0.717) is 5.89 Å². The Balaban J connectivity index is 0.000001000. The van der Waals surface area contributed by atoms with Crippen LogP contribution in [0.2, 0.25) is 0 Å². The molecule has 0 amide bonds. The van der Waals surface area contributed by atoms with Gasteiger partial charge in [-0.15, -0.1) is 12.4 Å². The van der Waals surface area contributed by atoms with E-state index in [1.807, 2.05) is 0 Å². The zero-order chi connectivity index (χ0) is 7.78. The molecule has 1 rings (SSSR count). The van der Waals surface area contributed by atoms with E-state index >= 15 is 0 Å². The van der Waals surface area contributed by atoms with Crippen LogP contribution in [-0.2, 0) is 5.54 Å². The summed E-state index contributed by atoms with van der Waals surface area (Å²) in [5, 5.41) is 3.39. The van der Waals surface area contributed by atoms with Crippen molar-refractivity contribution in [2.75, 3.05) is 5.73 Å². The van der Waals surface area contributed by atoms with Gasteiger partial charge < -0.3 is 16.0 Å². The van der Waals surface area contributed by atoms with E-state index < -0.39 is 5.54 Å². The number of hydrogen-bond donors (Lipinski definition) is 2. The van der Waals surface area contributed by atoms with Gasteiger partial charge in [-0.25, -0.2) is 0 Å². The Bertz CT molecular complexity index is 229. The van der Waals surface area contributed by atoms with E-state index in [4.69, 9.17) is 16.0 Å². The molecule has 1 aromatic rings. The van der Waals surface area contributed by atoms with E-state index in [1.165, 1.54) is 0 Å². The quantitative estimate of drug-likeness (QED) is 0.644. The molecule has 1 heterocycles. The Morgan fingerprint density at radius 1 is 1.45 bits per heavy atom. The molecule has 0 aromatic carbocycles. The standard InChI is InChI=1S/C5H10N4O.ClH/c1-5(2,7)3-8-4(6)9-10-3;/h7H2,1-2H3,(H2,6,9);1H. The number of halogens is 1. The van der Waals surface area contributed by atoms with Crippen molar-refractivity contribution in [3.8, 4) is 0 Å². The minimum atomic E-state index is -0.607. The lowest BCUT2D eigenvalue weighted by Crippen LogP contribution is -2.29. The Morgan fingerprint density at radius 2 is 2.00 bits per heavy atom. The van der Waals surface area contributed by atoms with Crippen molar-refractivity contribution in [2.45, 2.75) is 19.4 Å². The van der Waals surface area contributed by atoms with Crippen LogP contribution in [0, 0.1) is 0 Å². The van der Waals surface area contributed by atoms with Gasteiger partial charge in [-0.2, -0.15) is 4.98 Å². The van der Waals surface area contributed by atoms with Crippen LogP contribution < -0.4 is 11.5 Å². The van der Waals surface area contributed by atoms with Gasteiger partial charge in [0.25, 0.3) is 5.95 Å². The first-order valence-electron chi connectivity index (χ1n) is 2.88. The molecule has 0 aliphatic heterocycles. The molecule has 6 heteroatoms. The molecule has 1 aromatic heterocycles. The molecular weight excluding hydrogens is 168 g/mol. The van der Waals surface area contributed by atoms with Gasteiger partial charge in [-0.3, -0.25) is 0 Å². The van der Waals surface area contributed by atoms with Crippen LogP contribution in [0.3, 0.4) is 0 Å². The Kier molecular flexibility index (Phi) is 2.84. The van der Waals surface area contributed by atoms with Crippen LogP contribution in [0.25, 0.3) is 0 Å². The zero-order valence-corrected chi connectivity index (χ0v) is 7.18. The van der Waals surface area contributed by atoms with Gasteiger partial charge in [-0.1, -0.05) is 0 Å². The first-order valence-corrected chi connectivity index (χ1v) is 2.88. The summed E-state index contributed by atoms with van der Waals surface area (Å²) in [4.78, 5) is 3.76. The number of rotatable bonds is 1. The largest absolute Gasteiger partial charge is 0.365 e. The monoisotopic (exact) mass is 178 g/mol.